The lowest BCUT2D eigenvalue weighted by molar-refractivity contribution is -0.432. The fourth-order valence-corrected chi connectivity index (χ4v) is 1.50. The zero-order valence-electron chi connectivity index (χ0n) is 8.24. The van der Waals surface area contributed by atoms with E-state index in [1.807, 2.05) is 0 Å². The molecular formula is C7H9NO7S. The number of hydrogen-bond acceptors (Lipinski definition) is 8. The van der Waals surface area contributed by atoms with Crippen LogP contribution in [0.15, 0.2) is 0 Å². The second-order valence-electron chi connectivity index (χ2n) is 2.77. The summed E-state index contributed by atoms with van der Waals surface area (Å²) >= 11 is 0.459. The third-order valence-electron chi connectivity index (χ3n) is 1.73. The maximum Gasteiger partial charge on any atom is 0.332 e. The summed E-state index contributed by atoms with van der Waals surface area (Å²) in [5, 5.41) is 10.7. The maximum atomic E-state index is 11.5. The first kappa shape index (κ1) is 12.9. The van der Waals surface area contributed by atoms with Crippen LogP contribution in [0.4, 0.5) is 0 Å². The molecule has 1 heterocycles. The average Bonchev–Trinajstić information content (AvgIpc) is 2.53. The summed E-state index contributed by atoms with van der Waals surface area (Å²) in [6.45, 7) is 1.53. The van der Waals surface area contributed by atoms with Crippen molar-refractivity contribution in [3.63, 3.8) is 0 Å². The smallest absolute Gasteiger partial charge is 0.330 e. The van der Waals surface area contributed by atoms with Crippen molar-refractivity contribution in [2.24, 2.45) is 0 Å². The minimum absolute atomic E-state index is 0.0467. The minimum atomic E-state index is -0.899. The molecule has 1 atom stereocenters. The second-order valence-corrected chi connectivity index (χ2v) is 3.67. The molecule has 1 aliphatic rings. The Balaban J connectivity index is 2.57. The number of carbonyl (C=O) groups excluding carboxylic acids is 3. The fraction of sp³-hybridized carbons (Fsp3) is 0.571. The summed E-state index contributed by atoms with van der Waals surface area (Å²) in [7, 11) is 0. The van der Waals surface area contributed by atoms with Crippen LogP contribution in [0.2, 0.25) is 0 Å². The normalized spacial score (nSPS) is 20.4. The molecule has 0 bridgehead atoms. The van der Waals surface area contributed by atoms with Gasteiger partial charge in [-0.2, -0.15) is 0 Å². The van der Waals surface area contributed by atoms with Crippen molar-refractivity contribution in [2.45, 2.75) is 25.0 Å². The van der Waals surface area contributed by atoms with Gasteiger partial charge >= 0.3 is 5.97 Å². The molecule has 90 valence electrons. The molecule has 0 radical (unpaired) electrons. The highest BCUT2D eigenvalue weighted by Gasteiger charge is 2.42. The summed E-state index contributed by atoms with van der Waals surface area (Å²) in [6.07, 6.45) is -0.144. The molecule has 1 aliphatic heterocycles. The van der Waals surface area contributed by atoms with Crippen LogP contribution in [0.1, 0.15) is 19.8 Å². The number of imide groups is 1. The molecule has 0 aromatic rings. The van der Waals surface area contributed by atoms with Gasteiger partial charge in [-0.25, -0.2) is 10.1 Å². The first-order valence-electron chi connectivity index (χ1n) is 4.31. The van der Waals surface area contributed by atoms with Crippen molar-refractivity contribution >= 4 is 29.8 Å². The van der Waals surface area contributed by atoms with E-state index in [9.17, 15) is 14.4 Å². The number of amides is 2. The van der Waals surface area contributed by atoms with Crippen LogP contribution in [0.3, 0.4) is 0 Å². The minimum Gasteiger partial charge on any atom is -0.330 e. The van der Waals surface area contributed by atoms with E-state index < -0.39 is 23.0 Å². The fourth-order valence-electron chi connectivity index (χ4n) is 0.985. The van der Waals surface area contributed by atoms with E-state index in [-0.39, 0.29) is 12.8 Å². The SMILES string of the molecule is CCC(=O)ON1C(=O)CC(SOOO)C1=O. The van der Waals surface area contributed by atoms with Gasteiger partial charge in [0.1, 0.15) is 5.25 Å². The van der Waals surface area contributed by atoms with Crippen molar-refractivity contribution in [3.05, 3.63) is 0 Å². The molecule has 8 nitrogen and oxygen atoms in total. The lowest BCUT2D eigenvalue weighted by Gasteiger charge is -2.12. The predicted octanol–water partition coefficient (Wildman–Crippen LogP) is 0.0515. The molecule has 0 aliphatic carbocycles. The van der Waals surface area contributed by atoms with Crippen LogP contribution in [0, 0.1) is 0 Å². The van der Waals surface area contributed by atoms with Gasteiger partial charge in [0.2, 0.25) is 0 Å². The van der Waals surface area contributed by atoms with Crippen LogP contribution < -0.4 is 0 Å². The van der Waals surface area contributed by atoms with Gasteiger partial charge in [0.05, 0.1) is 6.42 Å². The Morgan fingerprint density at radius 3 is 2.88 bits per heavy atom. The molecule has 1 saturated heterocycles. The number of nitrogens with zero attached hydrogens (tertiary/aromatic N) is 1. The van der Waals surface area contributed by atoms with E-state index >= 15 is 0 Å². The van der Waals surface area contributed by atoms with Crippen molar-refractivity contribution in [3.8, 4) is 0 Å². The van der Waals surface area contributed by atoms with Gasteiger partial charge in [-0.15, -0.1) is 9.40 Å². The average molecular weight is 251 g/mol. The van der Waals surface area contributed by atoms with Crippen molar-refractivity contribution < 1.29 is 33.9 Å². The van der Waals surface area contributed by atoms with E-state index in [4.69, 9.17) is 5.26 Å². The standard InChI is InChI=1S/C7H9NO7S/c1-2-6(10)13-8-5(9)3-4(7(8)11)16-15-14-12/h4,12H,2-3H2,1H3. The Kier molecular flexibility index (Phi) is 4.68. The van der Waals surface area contributed by atoms with Gasteiger partial charge in [0, 0.05) is 18.5 Å². The topological polar surface area (TPSA) is 102 Å². The van der Waals surface area contributed by atoms with Gasteiger partial charge < -0.3 is 4.84 Å². The summed E-state index contributed by atoms with van der Waals surface area (Å²) in [5.74, 6) is -2.06. The Morgan fingerprint density at radius 1 is 1.62 bits per heavy atom. The summed E-state index contributed by atoms with van der Waals surface area (Å²) in [4.78, 5) is 38.2. The highest BCUT2D eigenvalue weighted by Crippen LogP contribution is 2.26. The van der Waals surface area contributed by atoms with E-state index in [0.717, 1.165) is 0 Å². The molecule has 9 heteroatoms. The van der Waals surface area contributed by atoms with Gasteiger partial charge in [-0.3, -0.25) is 9.59 Å². The number of carbonyl (C=O) groups is 3. The van der Waals surface area contributed by atoms with Crippen molar-refractivity contribution in [1.82, 2.24) is 5.06 Å². The summed E-state index contributed by atoms with van der Waals surface area (Å²) in [5.41, 5.74) is 0. The summed E-state index contributed by atoms with van der Waals surface area (Å²) in [6, 6.07) is 0. The molecular weight excluding hydrogens is 242 g/mol. The van der Waals surface area contributed by atoms with E-state index in [1.54, 1.807) is 0 Å². The van der Waals surface area contributed by atoms with E-state index in [1.165, 1.54) is 6.92 Å². The van der Waals surface area contributed by atoms with Crippen LogP contribution in [-0.2, 0) is 28.6 Å². The van der Waals surface area contributed by atoms with E-state index in [0.29, 0.717) is 17.1 Å². The van der Waals surface area contributed by atoms with Crippen molar-refractivity contribution in [2.75, 3.05) is 0 Å². The van der Waals surface area contributed by atoms with Gasteiger partial charge in [-0.1, -0.05) is 12.0 Å². The van der Waals surface area contributed by atoms with Crippen LogP contribution >= 0.6 is 12.0 Å². The number of rotatable bonds is 5. The molecule has 1 rings (SSSR count). The lowest BCUT2D eigenvalue weighted by Crippen LogP contribution is -2.33. The largest absolute Gasteiger partial charge is 0.332 e. The Hall–Kier alpha value is -1.16. The zero-order chi connectivity index (χ0) is 12.1. The van der Waals surface area contributed by atoms with Crippen LogP contribution in [0.5, 0.6) is 0 Å². The molecule has 2 amide bonds. The quantitative estimate of drug-likeness (QED) is 0.316. The van der Waals surface area contributed by atoms with Crippen molar-refractivity contribution in [1.29, 1.82) is 0 Å². The number of hydrogen-bond donors (Lipinski definition) is 1. The molecule has 0 saturated carbocycles. The highest BCUT2D eigenvalue weighted by atomic mass is 32.2. The van der Waals surface area contributed by atoms with Gasteiger partial charge in [-0.05, 0) is 0 Å². The molecule has 1 N–H and O–H groups in total. The third-order valence-corrected chi connectivity index (χ3v) is 2.47. The molecule has 1 unspecified atom stereocenters. The zero-order valence-corrected chi connectivity index (χ0v) is 9.06. The van der Waals surface area contributed by atoms with Gasteiger partial charge in [0.25, 0.3) is 11.8 Å². The lowest BCUT2D eigenvalue weighted by atomic mass is 10.4. The first-order chi connectivity index (χ1) is 7.60. The molecule has 0 aromatic carbocycles. The third kappa shape index (κ3) is 2.92. The van der Waals surface area contributed by atoms with Crippen LogP contribution in [-0.4, -0.2) is 33.4 Å². The van der Waals surface area contributed by atoms with E-state index in [2.05, 4.69) is 14.2 Å². The van der Waals surface area contributed by atoms with Gasteiger partial charge in [0.15, 0.2) is 0 Å². The second kappa shape index (κ2) is 5.80. The number of hydroxylamine groups is 2. The summed E-state index contributed by atoms with van der Waals surface area (Å²) < 4.78 is 4.05. The Bertz CT molecular complexity index is 307. The molecule has 0 aromatic heterocycles. The first-order valence-corrected chi connectivity index (χ1v) is 5.11. The Labute approximate surface area is 94.4 Å². The maximum absolute atomic E-state index is 11.5. The predicted molar refractivity (Wildman–Crippen MR) is 49.0 cm³/mol. The molecule has 16 heavy (non-hydrogen) atoms. The highest BCUT2D eigenvalue weighted by molar-refractivity contribution is 7.96. The van der Waals surface area contributed by atoms with Crippen LogP contribution in [0.25, 0.3) is 0 Å². The molecule has 1 fully saturated rings. The Morgan fingerprint density at radius 2 is 2.31 bits per heavy atom. The molecule has 0 spiro atoms. The monoisotopic (exact) mass is 251 g/mol.